The van der Waals surface area contributed by atoms with Crippen LogP contribution in [0, 0.1) is 6.92 Å². The van der Waals surface area contributed by atoms with Crippen molar-refractivity contribution in [2.75, 3.05) is 29.8 Å². The molecule has 0 atom stereocenters. The number of ether oxygens (including phenoxy) is 1. The number of aryl methyl sites for hydroxylation is 1. The lowest BCUT2D eigenvalue weighted by Crippen LogP contribution is -2.28. The molecule has 1 N–H and O–H groups in total. The summed E-state index contributed by atoms with van der Waals surface area (Å²) in [6, 6.07) is 12.2. The van der Waals surface area contributed by atoms with Gasteiger partial charge in [-0.3, -0.25) is 4.72 Å². The number of likely N-dealkylation sites (N-methyl/N-ethyl adjacent to an activating group) is 1. The third-order valence-corrected chi connectivity index (χ3v) is 5.23. The molecule has 0 aliphatic carbocycles. The van der Waals surface area contributed by atoms with Crippen LogP contribution in [0.5, 0.6) is 5.75 Å². The Balaban J connectivity index is 1.93. The van der Waals surface area contributed by atoms with Crippen LogP contribution in [0.3, 0.4) is 0 Å². The molecule has 0 unspecified atom stereocenters. The Hall–Kier alpha value is -2.21. The zero-order chi connectivity index (χ0) is 15.7. The van der Waals surface area contributed by atoms with Crippen LogP contribution in [0.2, 0.25) is 0 Å². The van der Waals surface area contributed by atoms with E-state index in [-0.39, 0.29) is 4.90 Å². The first-order valence-electron chi connectivity index (χ1n) is 7.04. The molecule has 116 valence electrons. The van der Waals surface area contributed by atoms with Crippen molar-refractivity contribution in [3.8, 4) is 5.75 Å². The van der Waals surface area contributed by atoms with Crippen LogP contribution in [-0.4, -0.2) is 28.6 Å². The molecule has 5 nitrogen and oxygen atoms in total. The molecular weight excluding hydrogens is 300 g/mol. The van der Waals surface area contributed by atoms with Gasteiger partial charge in [-0.25, -0.2) is 8.42 Å². The van der Waals surface area contributed by atoms with Crippen molar-refractivity contribution in [3.63, 3.8) is 0 Å². The highest BCUT2D eigenvalue weighted by atomic mass is 32.2. The van der Waals surface area contributed by atoms with E-state index in [0.717, 1.165) is 18.0 Å². The second-order valence-corrected chi connectivity index (χ2v) is 6.97. The summed E-state index contributed by atoms with van der Waals surface area (Å²) >= 11 is 0. The van der Waals surface area contributed by atoms with Gasteiger partial charge < -0.3 is 9.64 Å². The zero-order valence-electron chi connectivity index (χ0n) is 12.5. The van der Waals surface area contributed by atoms with Crippen molar-refractivity contribution < 1.29 is 13.2 Å². The van der Waals surface area contributed by atoms with Gasteiger partial charge in [0.25, 0.3) is 10.0 Å². The Kier molecular flexibility index (Phi) is 3.70. The second-order valence-electron chi connectivity index (χ2n) is 5.32. The normalized spacial score (nSPS) is 14.2. The van der Waals surface area contributed by atoms with E-state index in [0.29, 0.717) is 17.9 Å². The fourth-order valence-corrected chi connectivity index (χ4v) is 3.78. The molecule has 2 aromatic carbocycles. The van der Waals surface area contributed by atoms with Crippen molar-refractivity contribution in [2.24, 2.45) is 0 Å². The molecule has 0 saturated carbocycles. The summed E-state index contributed by atoms with van der Waals surface area (Å²) in [7, 11) is -1.64. The highest BCUT2D eigenvalue weighted by Gasteiger charge is 2.19. The minimum atomic E-state index is -3.60. The molecule has 0 amide bonds. The molecule has 22 heavy (non-hydrogen) atoms. The fourth-order valence-electron chi connectivity index (χ4n) is 2.48. The Labute approximate surface area is 130 Å². The van der Waals surface area contributed by atoms with Crippen molar-refractivity contribution in [2.45, 2.75) is 11.8 Å². The van der Waals surface area contributed by atoms with E-state index in [1.807, 2.05) is 18.0 Å². The highest BCUT2D eigenvalue weighted by Crippen LogP contribution is 2.33. The molecule has 0 saturated heterocycles. The van der Waals surface area contributed by atoms with Gasteiger partial charge in [0.1, 0.15) is 12.4 Å². The Morgan fingerprint density at radius 2 is 1.95 bits per heavy atom. The first-order valence-corrected chi connectivity index (χ1v) is 8.52. The molecule has 0 bridgehead atoms. The number of benzene rings is 2. The van der Waals surface area contributed by atoms with Gasteiger partial charge in [-0.15, -0.1) is 0 Å². The van der Waals surface area contributed by atoms with Crippen LogP contribution in [0.1, 0.15) is 5.56 Å². The van der Waals surface area contributed by atoms with Crippen LogP contribution >= 0.6 is 0 Å². The van der Waals surface area contributed by atoms with E-state index in [4.69, 9.17) is 4.74 Å². The molecule has 1 aliphatic heterocycles. The summed E-state index contributed by atoms with van der Waals surface area (Å²) in [6.07, 6.45) is 0. The molecule has 0 radical (unpaired) electrons. The molecule has 3 rings (SSSR count). The maximum atomic E-state index is 12.5. The molecule has 1 heterocycles. The Bertz CT molecular complexity index is 803. The summed E-state index contributed by atoms with van der Waals surface area (Å²) in [5.74, 6) is 0.771. The highest BCUT2D eigenvalue weighted by molar-refractivity contribution is 7.92. The third-order valence-electron chi connectivity index (χ3n) is 3.69. The number of anilines is 2. The number of hydrogen-bond donors (Lipinski definition) is 1. The van der Waals surface area contributed by atoms with Crippen molar-refractivity contribution in [1.29, 1.82) is 0 Å². The van der Waals surface area contributed by atoms with E-state index in [2.05, 4.69) is 4.72 Å². The zero-order valence-corrected chi connectivity index (χ0v) is 13.4. The first-order chi connectivity index (χ1) is 10.5. The average molecular weight is 318 g/mol. The largest absolute Gasteiger partial charge is 0.490 e. The molecule has 0 aromatic heterocycles. The third kappa shape index (κ3) is 2.74. The van der Waals surface area contributed by atoms with Gasteiger partial charge in [-0.1, -0.05) is 18.2 Å². The minimum Gasteiger partial charge on any atom is -0.490 e. The van der Waals surface area contributed by atoms with Gasteiger partial charge in [0.2, 0.25) is 0 Å². The van der Waals surface area contributed by atoms with Gasteiger partial charge in [-0.05, 0) is 36.8 Å². The van der Waals surface area contributed by atoms with Crippen LogP contribution in [0.15, 0.2) is 47.4 Å². The minimum absolute atomic E-state index is 0.289. The molecule has 1 aliphatic rings. The van der Waals surface area contributed by atoms with E-state index in [1.54, 1.807) is 43.3 Å². The summed E-state index contributed by atoms with van der Waals surface area (Å²) < 4.78 is 33.2. The topological polar surface area (TPSA) is 58.6 Å². The number of sulfonamides is 1. The smallest absolute Gasteiger partial charge is 0.262 e. The van der Waals surface area contributed by atoms with Crippen molar-refractivity contribution in [3.05, 3.63) is 48.0 Å². The van der Waals surface area contributed by atoms with Crippen LogP contribution in [0.4, 0.5) is 11.4 Å². The second kappa shape index (κ2) is 5.53. The summed E-state index contributed by atoms with van der Waals surface area (Å²) in [5.41, 5.74) is 2.13. The predicted molar refractivity (Wildman–Crippen MR) is 87.2 cm³/mol. The quantitative estimate of drug-likeness (QED) is 0.945. The SMILES string of the molecule is Cc1ccccc1S(=O)(=O)Nc1ccc2c(c1)N(C)CCO2. The van der Waals surface area contributed by atoms with Crippen molar-refractivity contribution in [1.82, 2.24) is 0 Å². The van der Waals surface area contributed by atoms with E-state index < -0.39 is 10.0 Å². The monoisotopic (exact) mass is 318 g/mol. The first kappa shape index (κ1) is 14.7. The lowest BCUT2D eigenvalue weighted by atomic mass is 10.2. The molecular formula is C16H18N2O3S. The van der Waals surface area contributed by atoms with E-state index in [9.17, 15) is 8.42 Å². The Morgan fingerprint density at radius 3 is 2.73 bits per heavy atom. The molecule has 6 heteroatoms. The number of rotatable bonds is 3. The number of fused-ring (bicyclic) bond motifs is 1. The van der Waals surface area contributed by atoms with Gasteiger partial charge >= 0.3 is 0 Å². The maximum Gasteiger partial charge on any atom is 0.262 e. The Morgan fingerprint density at radius 1 is 1.18 bits per heavy atom. The van der Waals surface area contributed by atoms with Crippen molar-refractivity contribution >= 4 is 21.4 Å². The fraction of sp³-hybridized carbons (Fsp3) is 0.250. The van der Waals surface area contributed by atoms with Gasteiger partial charge in [0.15, 0.2) is 0 Å². The molecule has 2 aromatic rings. The number of nitrogens with one attached hydrogen (secondary N) is 1. The van der Waals surface area contributed by atoms with E-state index in [1.165, 1.54) is 0 Å². The maximum absolute atomic E-state index is 12.5. The van der Waals surface area contributed by atoms with Crippen LogP contribution in [-0.2, 0) is 10.0 Å². The van der Waals surface area contributed by atoms with Crippen LogP contribution < -0.4 is 14.4 Å². The predicted octanol–water partition coefficient (Wildman–Crippen LogP) is 2.62. The van der Waals surface area contributed by atoms with Gasteiger partial charge in [0, 0.05) is 7.05 Å². The summed E-state index contributed by atoms with van der Waals surface area (Å²) in [6.45, 7) is 3.20. The van der Waals surface area contributed by atoms with Gasteiger partial charge in [-0.2, -0.15) is 0 Å². The summed E-state index contributed by atoms with van der Waals surface area (Å²) in [5, 5.41) is 0. The standard InChI is InChI=1S/C16H18N2O3S/c1-12-5-3-4-6-16(12)22(19,20)17-13-7-8-15-14(11-13)18(2)9-10-21-15/h3-8,11,17H,9-10H2,1-2H3. The average Bonchev–Trinajstić information content (AvgIpc) is 2.48. The lowest BCUT2D eigenvalue weighted by molar-refractivity contribution is 0.311. The lowest BCUT2D eigenvalue weighted by Gasteiger charge is -2.28. The summed E-state index contributed by atoms with van der Waals surface area (Å²) in [4.78, 5) is 2.34. The van der Waals surface area contributed by atoms with E-state index >= 15 is 0 Å². The van der Waals surface area contributed by atoms with Gasteiger partial charge in [0.05, 0.1) is 22.8 Å². The molecule has 0 spiro atoms. The molecule has 0 fully saturated rings. The number of nitrogens with zero attached hydrogens (tertiary/aromatic N) is 1. The number of hydrogen-bond acceptors (Lipinski definition) is 4. The van der Waals surface area contributed by atoms with Crippen LogP contribution in [0.25, 0.3) is 0 Å².